The molecule has 0 heterocycles. The Bertz CT molecular complexity index is 177. The van der Waals surface area contributed by atoms with Gasteiger partial charge in [0, 0.05) is 12.8 Å². The van der Waals surface area contributed by atoms with Crippen LogP contribution in [0.2, 0.25) is 0 Å². The molecule has 0 N–H and O–H groups in total. The van der Waals surface area contributed by atoms with Crippen molar-refractivity contribution in [1.82, 2.24) is 0 Å². The first kappa shape index (κ1) is 24.2. The third-order valence-corrected chi connectivity index (χ3v) is 0.628. The Kier molecular flexibility index (Phi) is 10.3. The molecule has 1 fully saturated rings. The zero-order valence-corrected chi connectivity index (χ0v) is 8.94. The van der Waals surface area contributed by atoms with E-state index in [0.717, 1.165) is 0 Å². The van der Waals surface area contributed by atoms with Crippen LogP contribution < -0.4 is 0 Å². The van der Waals surface area contributed by atoms with Crippen molar-refractivity contribution in [2.45, 2.75) is 18.8 Å². The lowest BCUT2D eigenvalue weighted by molar-refractivity contribution is 0.120. The maximum Gasteiger partial charge on any atom is 0.673 e. The second-order valence-corrected chi connectivity index (χ2v) is 2.84. The largest absolute Gasteiger partial charge is 0.673 e. The minimum Gasteiger partial charge on any atom is -0.418 e. The molecule has 1 rings (SSSR count). The Balaban J connectivity index is -0.000000193. The fraction of sp³-hybridized carbons (Fsp3) is 1.00. The van der Waals surface area contributed by atoms with E-state index in [0.29, 0.717) is 0 Å². The van der Waals surface area contributed by atoms with Crippen LogP contribution in [0, 0.1) is 0 Å². The first-order valence-electron chi connectivity index (χ1n) is 4.20. The molecule has 0 amide bonds. The zero-order valence-electron chi connectivity index (χ0n) is 8.94. The summed E-state index contributed by atoms with van der Waals surface area (Å²) >= 11 is 0. The van der Waals surface area contributed by atoms with Crippen molar-refractivity contribution in [2.75, 3.05) is 0 Å². The van der Waals surface area contributed by atoms with Gasteiger partial charge in [-0.05, 0) is 0 Å². The average molecular weight is 338 g/mol. The van der Waals surface area contributed by atoms with Crippen LogP contribution in [0.1, 0.15) is 12.8 Å². The highest BCUT2D eigenvalue weighted by Crippen LogP contribution is 2.40. The first-order valence-corrected chi connectivity index (χ1v) is 4.20. The van der Waals surface area contributed by atoms with E-state index in [9.17, 15) is 60.6 Å². The minimum absolute atomic E-state index is 0.118. The SMILES string of the molecule is FC1(F)CC1.F[B-](F)(F)F.F[B-](F)(F)F.F[B-](F)(F)F. The van der Waals surface area contributed by atoms with Crippen LogP contribution >= 0.6 is 0 Å². The molecule has 1 saturated carbocycles. The summed E-state index contributed by atoms with van der Waals surface area (Å²) in [5.41, 5.74) is 0. The van der Waals surface area contributed by atoms with Crippen LogP contribution in [0.4, 0.5) is 60.6 Å². The maximum atomic E-state index is 11.1. The summed E-state index contributed by atoms with van der Waals surface area (Å²) in [5, 5.41) is 0. The highest BCUT2D eigenvalue weighted by molar-refractivity contribution is 6.50. The van der Waals surface area contributed by atoms with Crippen molar-refractivity contribution >= 4 is 21.8 Å². The lowest BCUT2D eigenvalue weighted by atomic mass is 10.3. The Morgan fingerprint density at radius 1 is 0.450 bits per heavy atom. The van der Waals surface area contributed by atoms with Gasteiger partial charge >= 0.3 is 21.8 Å². The number of hydrogen-bond donors (Lipinski definition) is 0. The fourth-order valence-electron chi connectivity index (χ4n) is 0.0945. The summed E-state index contributed by atoms with van der Waals surface area (Å²) in [6.07, 6.45) is 0.236. The molecule has 0 aromatic carbocycles. The molecule has 0 aliphatic heterocycles. The van der Waals surface area contributed by atoms with Crippen molar-refractivity contribution in [3.8, 4) is 0 Å². The van der Waals surface area contributed by atoms with Gasteiger partial charge in [-0.2, -0.15) is 0 Å². The van der Waals surface area contributed by atoms with Gasteiger partial charge < -0.3 is 51.8 Å². The number of halogens is 14. The van der Waals surface area contributed by atoms with Crippen LogP contribution in [0.3, 0.4) is 0 Å². The molecule has 0 bridgehead atoms. The standard InChI is InChI=1S/C3H4F2.3BF4/c4-3(5)1-2-3;3*2-1(3,4)5/h1-2H2;;;/q;3*-1. The monoisotopic (exact) mass is 339 g/mol. The van der Waals surface area contributed by atoms with E-state index < -0.39 is 27.7 Å². The Morgan fingerprint density at radius 2 is 0.500 bits per heavy atom. The second-order valence-electron chi connectivity index (χ2n) is 2.84. The normalized spacial score (nSPS) is 16.5. The van der Waals surface area contributed by atoms with Crippen molar-refractivity contribution in [2.24, 2.45) is 0 Å². The molecule has 0 atom stereocenters. The van der Waals surface area contributed by atoms with E-state index in [1.807, 2.05) is 0 Å². The average Bonchev–Trinajstić information content (AvgIpc) is 2.52. The fourth-order valence-corrected chi connectivity index (χ4v) is 0.0945. The van der Waals surface area contributed by atoms with E-state index in [-0.39, 0.29) is 12.8 Å². The lowest BCUT2D eigenvalue weighted by Gasteiger charge is -1.94. The topological polar surface area (TPSA) is 0 Å². The van der Waals surface area contributed by atoms with Crippen molar-refractivity contribution in [3.05, 3.63) is 0 Å². The van der Waals surface area contributed by atoms with Gasteiger partial charge in [0.05, 0.1) is 0 Å². The Morgan fingerprint density at radius 3 is 0.500 bits per heavy atom. The Hall–Kier alpha value is -0.785. The molecule has 0 spiro atoms. The quantitative estimate of drug-likeness (QED) is 0.414. The van der Waals surface area contributed by atoms with Crippen LogP contribution in [-0.4, -0.2) is 27.7 Å². The first-order chi connectivity index (χ1) is 8.21. The van der Waals surface area contributed by atoms with E-state index >= 15 is 0 Å². The molecule has 0 aromatic heterocycles. The summed E-state index contributed by atoms with van der Waals surface area (Å²) in [6.45, 7) is 0. The van der Waals surface area contributed by atoms with E-state index in [2.05, 4.69) is 0 Å². The van der Waals surface area contributed by atoms with Gasteiger partial charge in [0.2, 0.25) is 5.92 Å². The molecular weight excluding hydrogens is 334 g/mol. The summed E-state index contributed by atoms with van der Waals surface area (Å²) in [7, 11) is -18.0. The van der Waals surface area contributed by atoms with Gasteiger partial charge in [-0.25, -0.2) is 8.78 Å². The molecule has 0 unspecified atom stereocenters. The summed E-state index contributed by atoms with van der Waals surface area (Å²) in [6, 6.07) is 0. The van der Waals surface area contributed by atoms with Gasteiger partial charge in [0.1, 0.15) is 0 Å². The third-order valence-electron chi connectivity index (χ3n) is 0.628. The van der Waals surface area contributed by atoms with Gasteiger partial charge in [-0.3, -0.25) is 0 Å². The van der Waals surface area contributed by atoms with Crippen LogP contribution in [0.15, 0.2) is 0 Å². The molecule has 0 radical (unpaired) electrons. The third kappa shape index (κ3) is 255. The van der Waals surface area contributed by atoms with Crippen molar-refractivity contribution in [3.63, 3.8) is 0 Å². The predicted octanol–water partition coefficient (Wildman–Crippen LogP) is 5.32. The molecule has 0 nitrogen and oxygen atoms in total. The zero-order chi connectivity index (χ0) is 17.4. The number of hydrogen-bond acceptors (Lipinski definition) is 0. The smallest absolute Gasteiger partial charge is 0.418 e. The number of alkyl halides is 2. The van der Waals surface area contributed by atoms with Gasteiger partial charge in [0.25, 0.3) is 0 Å². The minimum atomic E-state index is -6.00. The highest BCUT2D eigenvalue weighted by Gasteiger charge is 2.43. The van der Waals surface area contributed by atoms with E-state index in [1.54, 1.807) is 0 Å². The van der Waals surface area contributed by atoms with Crippen LogP contribution in [0.25, 0.3) is 0 Å². The molecule has 126 valence electrons. The van der Waals surface area contributed by atoms with Crippen LogP contribution in [0.5, 0.6) is 0 Å². The predicted molar refractivity (Wildman–Crippen MR) is 44.7 cm³/mol. The van der Waals surface area contributed by atoms with Crippen molar-refractivity contribution in [1.29, 1.82) is 0 Å². The lowest BCUT2D eigenvalue weighted by Crippen LogP contribution is -2.02. The molecule has 1 aliphatic carbocycles. The molecule has 0 saturated heterocycles. The summed E-state index contributed by atoms with van der Waals surface area (Å²) in [4.78, 5) is 0. The highest BCUT2D eigenvalue weighted by atomic mass is 19.5. The van der Waals surface area contributed by atoms with Crippen molar-refractivity contribution < 1.29 is 60.6 Å². The summed E-state index contributed by atoms with van der Waals surface area (Å²) < 4.78 is 139. The van der Waals surface area contributed by atoms with E-state index in [1.165, 1.54) is 0 Å². The second kappa shape index (κ2) is 8.49. The van der Waals surface area contributed by atoms with Crippen LogP contribution in [-0.2, 0) is 0 Å². The van der Waals surface area contributed by atoms with E-state index in [4.69, 9.17) is 0 Å². The van der Waals surface area contributed by atoms with Gasteiger partial charge in [-0.1, -0.05) is 0 Å². The molecule has 20 heavy (non-hydrogen) atoms. The number of rotatable bonds is 0. The van der Waals surface area contributed by atoms with Gasteiger partial charge in [-0.15, -0.1) is 0 Å². The molecule has 1 aliphatic rings. The summed E-state index contributed by atoms with van der Waals surface area (Å²) in [5.74, 6) is -2.25. The Labute approximate surface area is 102 Å². The molecule has 0 aromatic rings. The molecular formula is C3H4B3F14-3. The molecule has 17 heteroatoms. The maximum absolute atomic E-state index is 11.1. The van der Waals surface area contributed by atoms with Gasteiger partial charge in [0.15, 0.2) is 0 Å².